The Morgan fingerprint density at radius 2 is 1.07 bits per heavy atom. The number of carbonyl (C=O) groups is 9. The van der Waals surface area contributed by atoms with E-state index in [2.05, 4.69) is 42.2 Å². The number of phenols is 1. The molecule has 0 saturated heterocycles. The van der Waals surface area contributed by atoms with Gasteiger partial charge in [0, 0.05) is 6.54 Å². The van der Waals surface area contributed by atoms with Crippen LogP contribution in [0.5, 0.6) is 5.75 Å². The van der Waals surface area contributed by atoms with E-state index >= 15 is 0 Å². The van der Waals surface area contributed by atoms with E-state index < -0.39 is 133 Å². The van der Waals surface area contributed by atoms with Crippen LogP contribution in [0.25, 0.3) is 0 Å². The van der Waals surface area contributed by atoms with E-state index in [-0.39, 0.29) is 56.9 Å². The fourth-order valence-corrected chi connectivity index (χ4v) is 6.45. The summed E-state index contributed by atoms with van der Waals surface area (Å²) in [5, 5.41) is 66.4. The molecule has 1 aromatic rings. The van der Waals surface area contributed by atoms with Gasteiger partial charge in [-0.25, -0.2) is 4.79 Å². The number of aliphatic hydroxyl groups is 3. The highest BCUT2D eigenvalue weighted by molar-refractivity contribution is 5.98. The number of amides is 8. The standard InChI is InChI=1S/C42H71N13O14/c1-5-20(2)31(41(68)69)53-39(66)33(22(4)58)55-40(67)32(21(3)57)54-38(65)29(19-56)52-36(63)27(10-8-16-48-42(46)47)49-35(62)26(9-6-7-15-43)50-37(64)28(18-30(45)60)51-34(61)25(44)17-23-11-13-24(59)14-12-23/h11-14,20-22,25-29,31-33,56-59H,5-10,15-19,43-44H2,1-4H3,(H2,45,60)(H,49,62)(H,50,64)(H,51,61)(H,52,63)(H,53,66)(H,54,65)(H,55,67)(H,68,69)(H4,46,47,48)/t20-,21+,22+,25-,26-,27-,28-,29-,31-,32-,33-/m0/s1. The van der Waals surface area contributed by atoms with Crippen molar-refractivity contribution in [1.82, 2.24) is 37.2 Å². The summed E-state index contributed by atoms with van der Waals surface area (Å²) in [6.45, 7) is 4.51. The second kappa shape index (κ2) is 30.6. The van der Waals surface area contributed by atoms with Gasteiger partial charge in [-0.1, -0.05) is 32.4 Å². The van der Waals surface area contributed by atoms with Gasteiger partial charge in [0.1, 0.15) is 48.0 Å². The predicted molar refractivity (Wildman–Crippen MR) is 247 cm³/mol. The van der Waals surface area contributed by atoms with Crippen molar-refractivity contribution in [3.63, 3.8) is 0 Å². The highest BCUT2D eigenvalue weighted by Gasteiger charge is 2.37. The smallest absolute Gasteiger partial charge is 0.326 e. The zero-order valence-corrected chi connectivity index (χ0v) is 39.2. The van der Waals surface area contributed by atoms with Gasteiger partial charge in [0.25, 0.3) is 0 Å². The number of hydrogen-bond donors (Lipinski definition) is 17. The first-order chi connectivity index (χ1) is 32.4. The summed E-state index contributed by atoms with van der Waals surface area (Å²) in [6, 6.07) is -6.89. The summed E-state index contributed by atoms with van der Waals surface area (Å²) in [5.74, 6) is -10.7. The van der Waals surface area contributed by atoms with E-state index in [9.17, 15) is 68.7 Å². The lowest BCUT2D eigenvalue weighted by atomic mass is 9.98. The number of nitrogens with two attached hydrogens (primary N) is 5. The van der Waals surface area contributed by atoms with E-state index in [0.29, 0.717) is 18.4 Å². The third-order valence-corrected chi connectivity index (χ3v) is 10.6. The van der Waals surface area contributed by atoms with Crippen molar-refractivity contribution in [1.29, 1.82) is 0 Å². The van der Waals surface area contributed by atoms with Gasteiger partial charge in [-0.05, 0) is 82.5 Å². The molecule has 0 fully saturated rings. The van der Waals surface area contributed by atoms with Crippen molar-refractivity contribution in [3.8, 4) is 5.75 Å². The monoisotopic (exact) mass is 982 g/mol. The zero-order chi connectivity index (χ0) is 52.5. The summed E-state index contributed by atoms with van der Waals surface area (Å²) in [6.07, 6.45) is -3.28. The average Bonchev–Trinajstić information content (AvgIpc) is 3.28. The number of nitrogens with one attached hydrogen (secondary N) is 7. The molecule has 0 heterocycles. The van der Waals surface area contributed by atoms with Crippen molar-refractivity contribution in [2.45, 2.75) is 140 Å². The van der Waals surface area contributed by atoms with Crippen LogP contribution < -0.4 is 65.9 Å². The van der Waals surface area contributed by atoms with Crippen LogP contribution in [0.2, 0.25) is 0 Å². The minimum atomic E-state index is -1.88. The first kappa shape index (κ1) is 60.3. The molecule has 0 radical (unpaired) electrons. The van der Waals surface area contributed by atoms with Gasteiger partial charge in [-0.15, -0.1) is 0 Å². The van der Waals surface area contributed by atoms with Gasteiger partial charge in [0.2, 0.25) is 47.3 Å². The number of phenolic OH excluding ortho intramolecular Hbond substituents is 1. The lowest BCUT2D eigenvalue weighted by Crippen LogP contribution is -2.63. The number of rotatable bonds is 32. The molecule has 0 bridgehead atoms. The minimum Gasteiger partial charge on any atom is -0.508 e. The van der Waals surface area contributed by atoms with Gasteiger partial charge in [0.05, 0.1) is 31.3 Å². The Bertz CT molecular complexity index is 1920. The van der Waals surface area contributed by atoms with Crippen LogP contribution in [0, 0.1) is 5.92 Å². The lowest BCUT2D eigenvalue weighted by Gasteiger charge is -2.29. The number of aliphatic hydroxyl groups excluding tert-OH is 3. The molecule has 0 saturated carbocycles. The molecule has 27 nitrogen and oxygen atoms in total. The van der Waals surface area contributed by atoms with Crippen LogP contribution in [-0.4, -0.2) is 165 Å². The number of carbonyl (C=O) groups excluding carboxylic acids is 8. The normalized spacial score (nSPS) is 15.8. The number of carboxylic acids is 1. The van der Waals surface area contributed by atoms with Crippen LogP contribution in [0.1, 0.15) is 78.2 Å². The third kappa shape index (κ3) is 21.9. The third-order valence-electron chi connectivity index (χ3n) is 10.6. The van der Waals surface area contributed by atoms with Crippen molar-refractivity contribution >= 4 is 59.2 Å². The first-order valence-electron chi connectivity index (χ1n) is 22.3. The van der Waals surface area contributed by atoms with Crippen molar-refractivity contribution in [2.24, 2.45) is 39.6 Å². The maximum Gasteiger partial charge on any atom is 0.326 e. The highest BCUT2D eigenvalue weighted by Crippen LogP contribution is 2.13. The fourth-order valence-electron chi connectivity index (χ4n) is 6.45. The van der Waals surface area contributed by atoms with Gasteiger partial charge in [-0.3, -0.25) is 43.3 Å². The molecule has 22 N–H and O–H groups in total. The molecule has 11 atom stereocenters. The van der Waals surface area contributed by atoms with Gasteiger partial charge < -0.3 is 91.4 Å². The maximum absolute atomic E-state index is 13.9. The summed E-state index contributed by atoms with van der Waals surface area (Å²) in [5.41, 5.74) is 28.5. The largest absolute Gasteiger partial charge is 0.508 e. The zero-order valence-electron chi connectivity index (χ0n) is 39.2. The molecule has 1 aromatic carbocycles. The Labute approximate surface area is 398 Å². The molecule has 0 aliphatic carbocycles. The fraction of sp³-hybridized carbons (Fsp3) is 0.619. The predicted octanol–water partition coefficient (Wildman–Crippen LogP) is -6.40. The Morgan fingerprint density at radius 3 is 1.52 bits per heavy atom. The number of aliphatic carboxylic acids is 1. The number of carboxylic acid groups (broad SMARTS) is 1. The molecule has 0 aromatic heterocycles. The van der Waals surface area contributed by atoms with E-state index in [1.54, 1.807) is 13.8 Å². The number of primary amides is 1. The van der Waals surface area contributed by atoms with Crippen LogP contribution in [0.4, 0.5) is 0 Å². The molecule has 0 aliphatic heterocycles. The number of nitrogens with zero attached hydrogens (tertiary/aromatic N) is 1. The van der Waals surface area contributed by atoms with Crippen LogP contribution >= 0.6 is 0 Å². The number of guanidine groups is 1. The Hall–Kier alpha value is -6.68. The molecule has 388 valence electrons. The van der Waals surface area contributed by atoms with Gasteiger partial charge >= 0.3 is 5.97 Å². The van der Waals surface area contributed by atoms with Crippen LogP contribution in [0.3, 0.4) is 0 Å². The quantitative estimate of drug-likeness (QED) is 0.0181. The minimum absolute atomic E-state index is 0.0201. The molecular weight excluding hydrogens is 911 g/mol. The number of aromatic hydroxyl groups is 1. The molecule has 0 spiro atoms. The Morgan fingerprint density at radius 1 is 0.623 bits per heavy atom. The summed E-state index contributed by atoms with van der Waals surface area (Å²) < 4.78 is 0. The van der Waals surface area contributed by atoms with E-state index in [1.165, 1.54) is 24.3 Å². The molecule has 1 rings (SSSR count). The number of hydrogen-bond acceptors (Lipinski definition) is 16. The van der Waals surface area contributed by atoms with Gasteiger partial charge in [0.15, 0.2) is 5.96 Å². The van der Waals surface area contributed by atoms with E-state index in [4.69, 9.17) is 28.7 Å². The van der Waals surface area contributed by atoms with Crippen molar-refractivity contribution in [2.75, 3.05) is 19.7 Å². The molecule has 69 heavy (non-hydrogen) atoms. The second-order valence-corrected chi connectivity index (χ2v) is 16.5. The maximum atomic E-state index is 13.9. The number of aliphatic imine (C=N–C) groups is 1. The van der Waals surface area contributed by atoms with Gasteiger partial charge in [-0.2, -0.15) is 0 Å². The number of benzene rings is 1. The SMILES string of the molecule is CC[C@H](C)[C@H](NC(=O)[C@@H](NC(=O)[C@@H](NC(=O)[C@H](CO)NC(=O)[C@H](CCCN=C(N)N)NC(=O)[C@H](CCCCN)NC(=O)[C@H](CC(N)=O)NC(=O)[C@@H](N)Cc1ccc(O)cc1)[C@@H](C)O)[C@@H](C)O)C(=O)O. The molecular formula is C42H71N13O14. The molecule has 27 heteroatoms. The van der Waals surface area contributed by atoms with Crippen molar-refractivity contribution < 1.29 is 68.7 Å². The summed E-state index contributed by atoms with van der Waals surface area (Å²) in [4.78, 5) is 122. The lowest BCUT2D eigenvalue weighted by molar-refractivity contribution is -0.144. The van der Waals surface area contributed by atoms with Crippen LogP contribution in [-0.2, 0) is 49.6 Å². The van der Waals surface area contributed by atoms with Crippen molar-refractivity contribution in [3.05, 3.63) is 29.8 Å². The van der Waals surface area contributed by atoms with Crippen LogP contribution in [0.15, 0.2) is 29.3 Å². The van der Waals surface area contributed by atoms with E-state index in [1.807, 2.05) is 0 Å². The number of unbranched alkanes of at least 4 members (excludes halogenated alkanes) is 1. The first-order valence-corrected chi connectivity index (χ1v) is 22.3. The Kier molecular flexibility index (Phi) is 26.8. The Balaban J connectivity index is 3.36. The summed E-state index contributed by atoms with van der Waals surface area (Å²) >= 11 is 0. The molecule has 0 unspecified atom stereocenters. The highest BCUT2D eigenvalue weighted by atomic mass is 16.4. The topological polar surface area (TPSA) is 481 Å². The average molecular weight is 982 g/mol. The molecule has 8 amide bonds. The molecule has 0 aliphatic rings. The summed E-state index contributed by atoms with van der Waals surface area (Å²) in [7, 11) is 0. The second-order valence-electron chi connectivity index (χ2n) is 16.5. The van der Waals surface area contributed by atoms with E-state index in [0.717, 1.165) is 13.8 Å².